The molecule has 0 aliphatic rings. The van der Waals surface area contributed by atoms with E-state index in [2.05, 4.69) is 4.98 Å². The highest BCUT2D eigenvalue weighted by Crippen LogP contribution is 2.38. The summed E-state index contributed by atoms with van der Waals surface area (Å²) in [5, 5.41) is 5.18. The van der Waals surface area contributed by atoms with Crippen molar-refractivity contribution in [3.63, 3.8) is 0 Å². The molecule has 8 heteroatoms. The predicted molar refractivity (Wildman–Crippen MR) is 111 cm³/mol. The monoisotopic (exact) mass is 430 g/mol. The molecule has 5 nitrogen and oxygen atoms in total. The molecule has 0 saturated carbocycles. The van der Waals surface area contributed by atoms with Gasteiger partial charge in [0.2, 0.25) is 10.0 Å². The smallest absolute Gasteiger partial charge is 0.238 e. The van der Waals surface area contributed by atoms with Crippen LogP contribution in [0.5, 0.6) is 0 Å². The summed E-state index contributed by atoms with van der Waals surface area (Å²) < 4.78 is 29.7. The van der Waals surface area contributed by atoms with Crippen molar-refractivity contribution in [3.8, 4) is 21.9 Å². The highest BCUT2D eigenvalue weighted by molar-refractivity contribution is 7.89. The molecule has 0 unspecified atom stereocenters. The number of hydrogen-bond acceptors (Lipinski definition) is 5. The summed E-state index contributed by atoms with van der Waals surface area (Å²) in [6.45, 7) is 0. The Morgan fingerprint density at radius 1 is 1.00 bits per heavy atom. The van der Waals surface area contributed by atoms with E-state index in [4.69, 9.17) is 21.2 Å². The molecule has 0 aliphatic heterocycles. The van der Waals surface area contributed by atoms with Gasteiger partial charge in [-0.25, -0.2) is 18.5 Å². The van der Waals surface area contributed by atoms with Crippen LogP contribution in [0.1, 0.15) is 11.5 Å². The standard InChI is InChI=1S/C20H15ClN2O3S2/c21-17-11-10-16(27-17)20-19(14-6-8-15(9-7-14)28(22,24)25)23-18(26-20)12-13-4-2-1-3-5-13/h1-11H,12H2,(H2,22,24,25). The first-order chi connectivity index (χ1) is 13.4. The largest absolute Gasteiger partial charge is 0.439 e. The minimum Gasteiger partial charge on any atom is -0.439 e. The van der Waals surface area contributed by atoms with Crippen molar-refractivity contribution in [2.45, 2.75) is 11.3 Å². The second-order valence-corrected chi connectivity index (χ2v) is 9.40. The van der Waals surface area contributed by atoms with Gasteiger partial charge in [-0.2, -0.15) is 0 Å². The van der Waals surface area contributed by atoms with Crippen molar-refractivity contribution >= 4 is 33.0 Å². The summed E-state index contributed by atoms with van der Waals surface area (Å²) in [4.78, 5) is 5.57. The van der Waals surface area contributed by atoms with E-state index in [1.807, 2.05) is 36.4 Å². The van der Waals surface area contributed by atoms with Crippen LogP contribution in [0, 0.1) is 0 Å². The number of oxazole rings is 1. The normalized spacial score (nSPS) is 11.6. The van der Waals surface area contributed by atoms with Crippen molar-refractivity contribution in [1.82, 2.24) is 4.98 Å². The third-order valence-electron chi connectivity index (χ3n) is 4.12. The molecule has 0 spiro atoms. The zero-order valence-electron chi connectivity index (χ0n) is 14.5. The fourth-order valence-corrected chi connectivity index (χ4v) is 4.35. The Hall–Kier alpha value is -2.45. The lowest BCUT2D eigenvalue weighted by Crippen LogP contribution is -2.11. The fourth-order valence-electron chi connectivity index (χ4n) is 2.81. The zero-order chi connectivity index (χ0) is 19.7. The van der Waals surface area contributed by atoms with E-state index < -0.39 is 10.0 Å². The molecule has 0 radical (unpaired) electrons. The highest BCUT2D eigenvalue weighted by Gasteiger charge is 2.19. The molecular formula is C20H15ClN2O3S2. The lowest BCUT2D eigenvalue weighted by molar-refractivity contribution is 0.520. The summed E-state index contributed by atoms with van der Waals surface area (Å²) in [7, 11) is -3.76. The van der Waals surface area contributed by atoms with Gasteiger partial charge < -0.3 is 4.42 Å². The van der Waals surface area contributed by atoms with Crippen LogP contribution in [0.25, 0.3) is 21.9 Å². The van der Waals surface area contributed by atoms with Crippen LogP contribution in [0.2, 0.25) is 4.34 Å². The fraction of sp³-hybridized carbons (Fsp3) is 0.0500. The van der Waals surface area contributed by atoms with Crippen molar-refractivity contribution in [2.24, 2.45) is 5.14 Å². The van der Waals surface area contributed by atoms with Gasteiger partial charge in [-0.05, 0) is 29.8 Å². The van der Waals surface area contributed by atoms with Gasteiger partial charge in [-0.15, -0.1) is 11.3 Å². The first kappa shape index (κ1) is 18.9. The van der Waals surface area contributed by atoms with Gasteiger partial charge in [-0.3, -0.25) is 0 Å². The molecule has 142 valence electrons. The first-order valence-electron chi connectivity index (χ1n) is 8.33. The van der Waals surface area contributed by atoms with Crippen LogP contribution >= 0.6 is 22.9 Å². The summed E-state index contributed by atoms with van der Waals surface area (Å²) in [6, 6.07) is 19.8. The minimum absolute atomic E-state index is 0.0463. The maximum absolute atomic E-state index is 11.5. The highest BCUT2D eigenvalue weighted by atomic mass is 35.5. The third kappa shape index (κ3) is 4.02. The number of hydrogen-bond donors (Lipinski definition) is 1. The maximum atomic E-state index is 11.5. The van der Waals surface area contributed by atoms with Gasteiger partial charge in [0.05, 0.1) is 14.1 Å². The second-order valence-electron chi connectivity index (χ2n) is 6.12. The number of sulfonamides is 1. The van der Waals surface area contributed by atoms with Gasteiger partial charge in [0, 0.05) is 12.0 Å². The number of thiophene rings is 1. The molecule has 4 aromatic rings. The van der Waals surface area contributed by atoms with Crippen LogP contribution in [-0.2, 0) is 16.4 Å². The molecule has 28 heavy (non-hydrogen) atoms. The molecule has 0 amide bonds. The Kier molecular flexibility index (Phi) is 5.07. The summed E-state index contributed by atoms with van der Waals surface area (Å²) in [5.74, 6) is 1.17. The molecule has 0 fully saturated rings. The number of primary sulfonamides is 1. The Morgan fingerprint density at radius 2 is 1.71 bits per heavy atom. The van der Waals surface area contributed by atoms with Crippen LogP contribution in [0.3, 0.4) is 0 Å². The molecule has 4 rings (SSSR count). The van der Waals surface area contributed by atoms with Crippen molar-refractivity contribution in [2.75, 3.05) is 0 Å². The Bertz CT molecular complexity index is 1210. The molecule has 2 aromatic carbocycles. The third-order valence-corrected chi connectivity index (χ3v) is 6.28. The lowest BCUT2D eigenvalue weighted by Gasteiger charge is -2.01. The SMILES string of the molecule is NS(=O)(=O)c1ccc(-c2nc(Cc3ccccc3)oc2-c2ccc(Cl)s2)cc1. The average Bonchev–Trinajstić information content (AvgIpc) is 3.28. The number of rotatable bonds is 5. The van der Waals surface area contributed by atoms with Crippen molar-refractivity contribution in [3.05, 3.63) is 82.5 Å². The second kappa shape index (κ2) is 7.52. The topological polar surface area (TPSA) is 86.2 Å². The van der Waals surface area contributed by atoms with Crippen LogP contribution < -0.4 is 5.14 Å². The average molecular weight is 431 g/mol. The van der Waals surface area contributed by atoms with Gasteiger partial charge in [-0.1, -0.05) is 54.1 Å². The predicted octanol–water partition coefficient (Wildman–Crippen LogP) is 4.96. The van der Waals surface area contributed by atoms with Crippen LogP contribution in [0.4, 0.5) is 0 Å². The summed E-state index contributed by atoms with van der Waals surface area (Å²) in [5.41, 5.74) is 2.44. The van der Waals surface area contributed by atoms with Gasteiger partial charge in [0.25, 0.3) is 0 Å². The molecule has 0 atom stereocenters. The number of halogens is 1. The van der Waals surface area contributed by atoms with Crippen molar-refractivity contribution < 1.29 is 12.8 Å². The van der Waals surface area contributed by atoms with E-state index >= 15 is 0 Å². The van der Waals surface area contributed by atoms with E-state index in [1.165, 1.54) is 23.5 Å². The maximum Gasteiger partial charge on any atom is 0.238 e. The molecule has 0 saturated heterocycles. The van der Waals surface area contributed by atoms with Gasteiger partial charge >= 0.3 is 0 Å². The van der Waals surface area contributed by atoms with Crippen molar-refractivity contribution in [1.29, 1.82) is 0 Å². The van der Waals surface area contributed by atoms with Gasteiger partial charge in [0.1, 0.15) is 5.69 Å². The van der Waals surface area contributed by atoms with E-state index in [9.17, 15) is 8.42 Å². The minimum atomic E-state index is -3.76. The number of nitrogens with zero attached hydrogens (tertiary/aromatic N) is 1. The van der Waals surface area contributed by atoms with Gasteiger partial charge in [0.15, 0.2) is 11.7 Å². The molecular weight excluding hydrogens is 416 g/mol. The summed E-state index contributed by atoms with van der Waals surface area (Å²) in [6.07, 6.45) is 0.544. The number of nitrogens with two attached hydrogens (primary N) is 1. The zero-order valence-corrected chi connectivity index (χ0v) is 16.9. The molecule has 2 aromatic heterocycles. The van der Waals surface area contributed by atoms with E-state index in [0.29, 0.717) is 28.1 Å². The Balaban J connectivity index is 1.78. The molecule has 0 aliphatic carbocycles. The van der Waals surface area contributed by atoms with Crippen LogP contribution in [-0.4, -0.2) is 13.4 Å². The lowest BCUT2D eigenvalue weighted by atomic mass is 10.1. The van der Waals surface area contributed by atoms with E-state index in [0.717, 1.165) is 16.0 Å². The van der Waals surface area contributed by atoms with E-state index in [1.54, 1.807) is 18.2 Å². The molecule has 2 N–H and O–H groups in total. The Labute approximate surface area is 171 Å². The Morgan fingerprint density at radius 3 is 2.32 bits per heavy atom. The molecule has 0 bridgehead atoms. The summed E-state index contributed by atoms with van der Waals surface area (Å²) >= 11 is 7.48. The first-order valence-corrected chi connectivity index (χ1v) is 11.1. The molecule has 2 heterocycles. The number of aromatic nitrogens is 1. The van der Waals surface area contributed by atoms with Crippen LogP contribution in [0.15, 0.2) is 76.0 Å². The van der Waals surface area contributed by atoms with E-state index in [-0.39, 0.29) is 4.90 Å². The quantitative estimate of drug-likeness (QED) is 0.484. The number of benzene rings is 2.